The standard InChI is InChI=1S/C14H21N/c1-10(2)12-4-6-13(7-5-12)14(15)9-8-11(14)3/h4-7,10-11H,8-9,15H2,1-3H3. The maximum Gasteiger partial charge on any atom is 0.0435 e. The summed E-state index contributed by atoms with van der Waals surface area (Å²) in [5.41, 5.74) is 9.06. The van der Waals surface area contributed by atoms with E-state index in [2.05, 4.69) is 45.0 Å². The van der Waals surface area contributed by atoms with Crippen molar-refractivity contribution < 1.29 is 0 Å². The Labute approximate surface area is 92.7 Å². The van der Waals surface area contributed by atoms with Crippen LogP contribution in [-0.2, 0) is 5.54 Å². The van der Waals surface area contributed by atoms with E-state index < -0.39 is 0 Å². The smallest absolute Gasteiger partial charge is 0.0435 e. The predicted octanol–water partition coefficient (Wildman–Crippen LogP) is 3.39. The van der Waals surface area contributed by atoms with Gasteiger partial charge in [-0.05, 0) is 35.8 Å². The molecule has 82 valence electrons. The minimum Gasteiger partial charge on any atom is -0.321 e. The molecule has 2 rings (SSSR count). The Morgan fingerprint density at radius 1 is 1.27 bits per heavy atom. The fraction of sp³-hybridized carbons (Fsp3) is 0.571. The first kappa shape index (κ1) is 10.7. The first-order valence-electron chi connectivity index (χ1n) is 5.93. The Kier molecular flexibility index (Phi) is 2.59. The van der Waals surface area contributed by atoms with Gasteiger partial charge < -0.3 is 5.73 Å². The van der Waals surface area contributed by atoms with Crippen molar-refractivity contribution in [2.75, 3.05) is 0 Å². The molecule has 0 saturated heterocycles. The summed E-state index contributed by atoms with van der Waals surface area (Å²) in [5, 5.41) is 0. The molecule has 0 bridgehead atoms. The third kappa shape index (κ3) is 1.69. The molecular formula is C14H21N. The Morgan fingerprint density at radius 2 is 1.87 bits per heavy atom. The Morgan fingerprint density at radius 3 is 2.20 bits per heavy atom. The average molecular weight is 203 g/mol. The van der Waals surface area contributed by atoms with Gasteiger partial charge in [0, 0.05) is 5.54 Å². The van der Waals surface area contributed by atoms with E-state index in [1.807, 2.05) is 0 Å². The van der Waals surface area contributed by atoms with Crippen LogP contribution in [0.25, 0.3) is 0 Å². The zero-order chi connectivity index (χ0) is 11.1. The SMILES string of the molecule is CC(C)c1ccc(C2(N)CCC2C)cc1. The second kappa shape index (κ2) is 3.64. The molecular weight excluding hydrogens is 182 g/mol. The predicted molar refractivity (Wildman–Crippen MR) is 64.8 cm³/mol. The molecule has 1 nitrogen and oxygen atoms in total. The molecule has 0 heterocycles. The fourth-order valence-corrected chi connectivity index (χ4v) is 2.35. The van der Waals surface area contributed by atoms with E-state index in [0.29, 0.717) is 11.8 Å². The van der Waals surface area contributed by atoms with Gasteiger partial charge in [0.15, 0.2) is 0 Å². The minimum atomic E-state index is -0.0461. The summed E-state index contributed by atoms with van der Waals surface area (Å²) in [7, 11) is 0. The molecule has 1 aliphatic carbocycles. The highest BCUT2D eigenvalue weighted by molar-refractivity contribution is 5.32. The first-order chi connectivity index (χ1) is 7.04. The van der Waals surface area contributed by atoms with Gasteiger partial charge in [-0.3, -0.25) is 0 Å². The third-order valence-corrected chi connectivity index (χ3v) is 3.99. The summed E-state index contributed by atoms with van der Waals surface area (Å²) in [6, 6.07) is 8.87. The van der Waals surface area contributed by atoms with Crippen molar-refractivity contribution in [1.29, 1.82) is 0 Å². The number of benzene rings is 1. The second-order valence-corrected chi connectivity index (χ2v) is 5.26. The molecule has 0 aromatic heterocycles. The monoisotopic (exact) mass is 203 g/mol. The zero-order valence-corrected chi connectivity index (χ0v) is 9.96. The van der Waals surface area contributed by atoms with Crippen LogP contribution in [0.1, 0.15) is 50.7 Å². The van der Waals surface area contributed by atoms with Crippen molar-refractivity contribution in [1.82, 2.24) is 0 Å². The Balaban J connectivity index is 2.24. The van der Waals surface area contributed by atoms with E-state index in [9.17, 15) is 0 Å². The van der Waals surface area contributed by atoms with Crippen molar-refractivity contribution in [3.63, 3.8) is 0 Å². The number of hydrogen-bond acceptors (Lipinski definition) is 1. The van der Waals surface area contributed by atoms with E-state index in [1.165, 1.54) is 17.5 Å². The number of hydrogen-bond donors (Lipinski definition) is 1. The average Bonchev–Trinajstić information content (AvgIpc) is 2.26. The highest BCUT2D eigenvalue weighted by Gasteiger charge is 2.41. The molecule has 0 amide bonds. The Hall–Kier alpha value is -0.820. The maximum atomic E-state index is 6.39. The van der Waals surface area contributed by atoms with Crippen molar-refractivity contribution in [2.24, 2.45) is 11.7 Å². The van der Waals surface area contributed by atoms with Crippen LogP contribution in [0.4, 0.5) is 0 Å². The van der Waals surface area contributed by atoms with Gasteiger partial charge in [-0.1, -0.05) is 45.0 Å². The van der Waals surface area contributed by atoms with E-state index in [-0.39, 0.29) is 5.54 Å². The van der Waals surface area contributed by atoms with Crippen LogP contribution in [0, 0.1) is 5.92 Å². The summed E-state index contributed by atoms with van der Waals surface area (Å²) < 4.78 is 0. The molecule has 1 aliphatic rings. The van der Waals surface area contributed by atoms with Crippen molar-refractivity contribution in [3.8, 4) is 0 Å². The summed E-state index contributed by atoms with van der Waals surface area (Å²) in [6.45, 7) is 6.69. The van der Waals surface area contributed by atoms with Crippen LogP contribution in [0.5, 0.6) is 0 Å². The van der Waals surface area contributed by atoms with E-state index >= 15 is 0 Å². The minimum absolute atomic E-state index is 0.0461. The van der Waals surface area contributed by atoms with Crippen molar-refractivity contribution in [3.05, 3.63) is 35.4 Å². The summed E-state index contributed by atoms with van der Waals surface area (Å²) in [4.78, 5) is 0. The summed E-state index contributed by atoms with van der Waals surface area (Å²) in [6.07, 6.45) is 2.40. The zero-order valence-electron chi connectivity index (χ0n) is 9.96. The molecule has 1 fully saturated rings. The quantitative estimate of drug-likeness (QED) is 0.783. The number of nitrogens with two attached hydrogens (primary N) is 1. The first-order valence-corrected chi connectivity index (χ1v) is 5.93. The lowest BCUT2D eigenvalue weighted by atomic mass is 9.64. The van der Waals surface area contributed by atoms with Gasteiger partial charge in [0.05, 0.1) is 0 Å². The van der Waals surface area contributed by atoms with E-state index in [0.717, 1.165) is 6.42 Å². The topological polar surface area (TPSA) is 26.0 Å². The molecule has 1 heteroatoms. The highest BCUT2D eigenvalue weighted by atomic mass is 14.8. The molecule has 2 N–H and O–H groups in total. The second-order valence-electron chi connectivity index (χ2n) is 5.26. The third-order valence-electron chi connectivity index (χ3n) is 3.99. The normalized spacial score (nSPS) is 30.3. The molecule has 2 unspecified atom stereocenters. The van der Waals surface area contributed by atoms with Crippen molar-refractivity contribution >= 4 is 0 Å². The molecule has 1 aromatic rings. The van der Waals surface area contributed by atoms with Gasteiger partial charge in [0.25, 0.3) is 0 Å². The van der Waals surface area contributed by atoms with Crippen LogP contribution in [0.2, 0.25) is 0 Å². The van der Waals surface area contributed by atoms with Gasteiger partial charge in [0.1, 0.15) is 0 Å². The number of rotatable bonds is 2. The summed E-state index contributed by atoms with van der Waals surface area (Å²) >= 11 is 0. The van der Waals surface area contributed by atoms with E-state index in [1.54, 1.807) is 0 Å². The fourth-order valence-electron chi connectivity index (χ4n) is 2.35. The van der Waals surface area contributed by atoms with Crippen LogP contribution >= 0.6 is 0 Å². The lowest BCUT2D eigenvalue weighted by Crippen LogP contribution is -2.50. The maximum absolute atomic E-state index is 6.39. The molecule has 0 spiro atoms. The van der Waals surface area contributed by atoms with Crippen LogP contribution in [0.15, 0.2) is 24.3 Å². The van der Waals surface area contributed by atoms with E-state index in [4.69, 9.17) is 5.73 Å². The lowest BCUT2D eigenvalue weighted by molar-refractivity contribution is 0.145. The van der Waals surface area contributed by atoms with Crippen molar-refractivity contribution in [2.45, 2.75) is 45.1 Å². The van der Waals surface area contributed by atoms with Gasteiger partial charge in [-0.25, -0.2) is 0 Å². The molecule has 1 saturated carbocycles. The van der Waals surface area contributed by atoms with Crippen LogP contribution < -0.4 is 5.73 Å². The Bertz CT molecular complexity index is 339. The van der Waals surface area contributed by atoms with Gasteiger partial charge in [-0.15, -0.1) is 0 Å². The molecule has 0 aliphatic heterocycles. The van der Waals surface area contributed by atoms with Crippen LogP contribution in [0.3, 0.4) is 0 Å². The van der Waals surface area contributed by atoms with Gasteiger partial charge in [0.2, 0.25) is 0 Å². The van der Waals surface area contributed by atoms with Crippen LogP contribution in [-0.4, -0.2) is 0 Å². The molecule has 2 atom stereocenters. The van der Waals surface area contributed by atoms with Gasteiger partial charge >= 0.3 is 0 Å². The largest absolute Gasteiger partial charge is 0.321 e. The lowest BCUT2D eigenvalue weighted by Gasteiger charge is -2.45. The molecule has 0 radical (unpaired) electrons. The molecule has 1 aromatic carbocycles. The highest BCUT2D eigenvalue weighted by Crippen LogP contribution is 2.44. The van der Waals surface area contributed by atoms with Gasteiger partial charge in [-0.2, -0.15) is 0 Å². The molecule has 15 heavy (non-hydrogen) atoms. The summed E-state index contributed by atoms with van der Waals surface area (Å²) in [5.74, 6) is 1.23.